The number of rotatable bonds is 9. The van der Waals surface area contributed by atoms with Crippen LogP contribution in [0.4, 0.5) is 5.69 Å². The maximum Gasteiger partial charge on any atom is 0.338 e. The molecule has 2 atom stereocenters. The Morgan fingerprint density at radius 3 is 2.29 bits per heavy atom. The average Bonchev–Trinajstić information content (AvgIpc) is 3.38. The maximum absolute atomic E-state index is 11.9. The maximum atomic E-state index is 11.9. The van der Waals surface area contributed by atoms with E-state index in [9.17, 15) is 4.79 Å². The number of carbonyl (C=O) groups excluding carboxylic acids is 1. The zero-order chi connectivity index (χ0) is 23.9. The molecule has 1 N–H and O–H groups in total. The molecule has 1 aromatic heterocycles. The van der Waals surface area contributed by atoms with Crippen LogP contribution in [0, 0.1) is 5.92 Å². The van der Waals surface area contributed by atoms with E-state index < -0.39 is 0 Å². The highest BCUT2D eigenvalue weighted by molar-refractivity contribution is 5.89. The summed E-state index contributed by atoms with van der Waals surface area (Å²) in [4.78, 5) is 16.5. The Bertz CT molecular complexity index is 1200. The van der Waals surface area contributed by atoms with E-state index in [0.29, 0.717) is 29.8 Å². The fourth-order valence-corrected chi connectivity index (χ4v) is 3.76. The molecule has 0 fully saturated rings. The number of hydrogen-bond acceptors (Lipinski definition) is 6. The second kappa shape index (κ2) is 10.8. The van der Waals surface area contributed by atoms with Gasteiger partial charge in [-0.05, 0) is 54.8 Å². The van der Waals surface area contributed by atoms with Crippen LogP contribution in [0.3, 0.4) is 0 Å². The summed E-state index contributed by atoms with van der Waals surface area (Å²) in [5.74, 6) is 1.16. The van der Waals surface area contributed by atoms with Crippen LogP contribution in [-0.2, 0) is 4.74 Å². The van der Waals surface area contributed by atoms with Crippen molar-refractivity contribution >= 4 is 11.7 Å². The van der Waals surface area contributed by atoms with Crippen molar-refractivity contribution < 1.29 is 14.1 Å². The van der Waals surface area contributed by atoms with Gasteiger partial charge in [0, 0.05) is 16.8 Å². The molecule has 0 saturated carbocycles. The minimum Gasteiger partial charge on any atom is -0.462 e. The molecule has 0 amide bonds. The van der Waals surface area contributed by atoms with Gasteiger partial charge in [-0.3, -0.25) is 0 Å². The first-order chi connectivity index (χ1) is 16.6. The van der Waals surface area contributed by atoms with E-state index >= 15 is 0 Å². The monoisotopic (exact) mass is 455 g/mol. The highest BCUT2D eigenvalue weighted by atomic mass is 16.5. The lowest BCUT2D eigenvalue weighted by atomic mass is 9.91. The van der Waals surface area contributed by atoms with Gasteiger partial charge in [0.25, 0.3) is 5.89 Å². The number of ether oxygens (including phenoxy) is 1. The molecule has 4 aromatic rings. The van der Waals surface area contributed by atoms with Crippen molar-refractivity contribution in [2.24, 2.45) is 5.92 Å². The van der Waals surface area contributed by atoms with Crippen LogP contribution >= 0.6 is 0 Å². The SMILES string of the molecule is CCOC(=O)c1ccc(N[C@H](c2ccc(-c3noc(-c4ccccc4)n3)cc2)C(C)CC)cc1. The zero-order valence-electron chi connectivity index (χ0n) is 19.7. The molecule has 174 valence electrons. The van der Waals surface area contributed by atoms with E-state index in [1.54, 1.807) is 19.1 Å². The smallest absolute Gasteiger partial charge is 0.338 e. The number of hydrogen-bond donors (Lipinski definition) is 1. The van der Waals surface area contributed by atoms with Crippen molar-refractivity contribution in [2.75, 3.05) is 11.9 Å². The lowest BCUT2D eigenvalue weighted by Crippen LogP contribution is -2.18. The van der Waals surface area contributed by atoms with Gasteiger partial charge in [-0.25, -0.2) is 4.79 Å². The number of carbonyl (C=O) groups is 1. The van der Waals surface area contributed by atoms with Crippen LogP contribution < -0.4 is 5.32 Å². The highest BCUT2D eigenvalue weighted by Crippen LogP contribution is 2.31. The van der Waals surface area contributed by atoms with E-state index in [1.807, 2.05) is 54.6 Å². The van der Waals surface area contributed by atoms with Crippen LogP contribution in [-0.4, -0.2) is 22.7 Å². The molecule has 0 bridgehead atoms. The first kappa shape index (κ1) is 23.2. The first-order valence-electron chi connectivity index (χ1n) is 11.6. The van der Waals surface area contributed by atoms with Crippen LogP contribution in [0.15, 0.2) is 83.4 Å². The minimum atomic E-state index is -0.306. The average molecular weight is 456 g/mol. The van der Waals surface area contributed by atoms with Crippen LogP contribution in [0.2, 0.25) is 0 Å². The van der Waals surface area contributed by atoms with Gasteiger partial charge in [-0.2, -0.15) is 4.98 Å². The zero-order valence-corrected chi connectivity index (χ0v) is 19.7. The Hall–Kier alpha value is -3.93. The largest absolute Gasteiger partial charge is 0.462 e. The van der Waals surface area contributed by atoms with E-state index in [4.69, 9.17) is 9.26 Å². The molecule has 34 heavy (non-hydrogen) atoms. The van der Waals surface area contributed by atoms with E-state index in [2.05, 4.69) is 41.4 Å². The van der Waals surface area contributed by atoms with E-state index in [1.165, 1.54) is 5.56 Å². The third kappa shape index (κ3) is 5.34. The van der Waals surface area contributed by atoms with Crippen LogP contribution in [0.25, 0.3) is 22.8 Å². The molecule has 0 aliphatic heterocycles. The summed E-state index contributed by atoms with van der Waals surface area (Å²) in [6, 6.07) is 25.5. The highest BCUT2D eigenvalue weighted by Gasteiger charge is 2.19. The van der Waals surface area contributed by atoms with Gasteiger partial charge in [-0.15, -0.1) is 0 Å². The molecule has 4 rings (SSSR count). The fraction of sp³-hybridized carbons (Fsp3) is 0.250. The predicted molar refractivity (Wildman–Crippen MR) is 133 cm³/mol. The summed E-state index contributed by atoms with van der Waals surface area (Å²) in [7, 11) is 0. The van der Waals surface area contributed by atoms with E-state index in [0.717, 1.165) is 23.2 Å². The van der Waals surface area contributed by atoms with Gasteiger partial charge in [0.2, 0.25) is 5.82 Å². The molecule has 0 spiro atoms. The number of anilines is 1. The Morgan fingerprint density at radius 2 is 1.65 bits per heavy atom. The minimum absolute atomic E-state index is 0.109. The summed E-state index contributed by atoms with van der Waals surface area (Å²) in [6.07, 6.45) is 1.02. The van der Waals surface area contributed by atoms with Gasteiger partial charge in [0.05, 0.1) is 18.2 Å². The molecule has 6 heteroatoms. The first-order valence-corrected chi connectivity index (χ1v) is 11.6. The molecule has 0 radical (unpaired) electrons. The number of esters is 1. The predicted octanol–water partition coefficient (Wildman–Crippen LogP) is 6.78. The number of benzene rings is 3. The van der Waals surface area contributed by atoms with Crippen LogP contribution in [0.1, 0.15) is 49.2 Å². The molecule has 1 unspecified atom stereocenters. The second-order valence-electron chi connectivity index (χ2n) is 8.22. The van der Waals surface area contributed by atoms with Crippen molar-refractivity contribution in [1.29, 1.82) is 0 Å². The third-order valence-electron chi connectivity index (χ3n) is 5.91. The number of nitrogens with zero attached hydrogens (tertiary/aromatic N) is 2. The summed E-state index contributed by atoms with van der Waals surface area (Å²) in [5, 5.41) is 7.78. The van der Waals surface area contributed by atoms with Crippen LogP contribution in [0.5, 0.6) is 0 Å². The van der Waals surface area contributed by atoms with Gasteiger partial charge in [0.15, 0.2) is 0 Å². The van der Waals surface area contributed by atoms with E-state index in [-0.39, 0.29) is 12.0 Å². The Morgan fingerprint density at radius 1 is 0.941 bits per heavy atom. The molecule has 0 aliphatic carbocycles. The fourth-order valence-electron chi connectivity index (χ4n) is 3.76. The summed E-state index contributed by atoms with van der Waals surface area (Å²) >= 11 is 0. The van der Waals surface area contributed by atoms with Crippen molar-refractivity contribution in [3.63, 3.8) is 0 Å². The molecular weight excluding hydrogens is 426 g/mol. The summed E-state index contributed by atoms with van der Waals surface area (Å²) in [6.45, 7) is 6.57. The van der Waals surface area contributed by atoms with Gasteiger partial charge in [-0.1, -0.05) is 67.9 Å². The third-order valence-corrected chi connectivity index (χ3v) is 5.91. The summed E-state index contributed by atoms with van der Waals surface area (Å²) in [5.41, 5.74) is 4.46. The molecule has 6 nitrogen and oxygen atoms in total. The second-order valence-corrected chi connectivity index (χ2v) is 8.22. The lowest BCUT2D eigenvalue weighted by molar-refractivity contribution is 0.0526. The molecule has 0 aliphatic rings. The molecular formula is C28H29N3O3. The lowest BCUT2D eigenvalue weighted by Gasteiger charge is -2.26. The Balaban J connectivity index is 1.51. The normalized spacial score (nSPS) is 12.7. The van der Waals surface area contributed by atoms with Crippen molar-refractivity contribution in [3.05, 3.63) is 90.0 Å². The Labute approximate surface area is 200 Å². The van der Waals surface area contributed by atoms with Crippen molar-refractivity contribution in [3.8, 4) is 22.8 Å². The molecule has 3 aromatic carbocycles. The van der Waals surface area contributed by atoms with Crippen molar-refractivity contribution in [2.45, 2.75) is 33.2 Å². The molecule has 1 heterocycles. The van der Waals surface area contributed by atoms with Gasteiger partial charge < -0.3 is 14.6 Å². The molecule has 0 saturated heterocycles. The number of nitrogens with one attached hydrogen (secondary N) is 1. The standard InChI is InChI=1S/C28H29N3O3/c1-4-19(3)25(29-24-17-15-23(16-18-24)28(32)33-5-2)20-11-13-21(14-12-20)26-30-27(34-31-26)22-9-7-6-8-10-22/h6-19,25,29H,4-5H2,1-3H3/t19?,25-/m0/s1. The van der Waals surface area contributed by atoms with Crippen molar-refractivity contribution in [1.82, 2.24) is 10.1 Å². The van der Waals surface area contributed by atoms with Gasteiger partial charge >= 0.3 is 5.97 Å². The quantitative estimate of drug-likeness (QED) is 0.280. The van der Waals surface area contributed by atoms with Gasteiger partial charge in [0.1, 0.15) is 0 Å². The summed E-state index contributed by atoms with van der Waals surface area (Å²) < 4.78 is 10.5. The number of aromatic nitrogens is 2. The topological polar surface area (TPSA) is 77.2 Å². The Kier molecular flexibility index (Phi) is 7.38.